The third-order valence-electron chi connectivity index (χ3n) is 2.93. The summed E-state index contributed by atoms with van der Waals surface area (Å²) in [6.45, 7) is 5.33. The van der Waals surface area contributed by atoms with Crippen LogP contribution in [0.5, 0.6) is 0 Å². The van der Waals surface area contributed by atoms with Crippen LogP contribution in [0.3, 0.4) is 0 Å². The number of nitrogen functional groups attached to an aromatic ring is 1. The molecule has 1 heterocycles. The second-order valence-electron chi connectivity index (χ2n) is 4.28. The molecule has 0 fully saturated rings. The first kappa shape index (κ1) is 16.1. The highest BCUT2D eigenvalue weighted by atomic mass is 32.2. The second-order valence-corrected chi connectivity index (χ2v) is 5.63. The van der Waals surface area contributed by atoms with Crippen LogP contribution in [0.25, 0.3) is 0 Å². The number of rotatable bonds is 1. The van der Waals surface area contributed by atoms with Gasteiger partial charge < -0.3 is 4.55 Å². The fourth-order valence-corrected chi connectivity index (χ4v) is 2.30. The second kappa shape index (κ2) is 6.44. The number of aryl methyl sites for hydroxylation is 1. The molecule has 0 unspecified atom stereocenters. The zero-order chi connectivity index (χ0) is 15.3. The molecular weight excluding hydrogens is 278 g/mol. The maximum Gasteiger partial charge on any atom is 0.217 e. The summed E-state index contributed by atoms with van der Waals surface area (Å²) in [5.41, 5.74) is 2.40. The van der Waals surface area contributed by atoms with E-state index in [0.717, 1.165) is 11.1 Å². The van der Waals surface area contributed by atoms with E-state index >= 15 is 0 Å². The van der Waals surface area contributed by atoms with Crippen molar-refractivity contribution in [3.05, 3.63) is 53.6 Å². The van der Waals surface area contributed by atoms with Gasteiger partial charge in [-0.15, -0.1) is 0 Å². The molecule has 0 aliphatic carbocycles. The molecule has 7 heteroatoms. The molecule has 1 aromatic carbocycles. The molecule has 2 aromatic rings. The van der Waals surface area contributed by atoms with Crippen molar-refractivity contribution < 1.29 is 17.6 Å². The van der Waals surface area contributed by atoms with Crippen LogP contribution in [0.2, 0.25) is 0 Å². The van der Waals surface area contributed by atoms with Crippen LogP contribution in [-0.4, -0.2) is 18.0 Å². The summed E-state index contributed by atoms with van der Waals surface area (Å²) < 4.78 is 33.7. The van der Waals surface area contributed by atoms with Crippen molar-refractivity contribution in [3.8, 4) is 0 Å². The molecule has 108 valence electrons. The molecule has 2 N–H and O–H groups in total. The summed E-state index contributed by atoms with van der Waals surface area (Å²) in [7, 11) is -4.32. The first-order valence-electron chi connectivity index (χ1n) is 5.82. The Kier molecular flexibility index (Phi) is 5.18. The predicted molar refractivity (Wildman–Crippen MR) is 73.2 cm³/mol. The van der Waals surface area contributed by atoms with E-state index in [4.69, 9.17) is 5.84 Å². The van der Waals surface area contributed by atoms with Crippen molar-refractivity contribution in [1.29, 1.82) is 0 Å². The normalized spacial score (nSPS) is 10.6. The number of aromatic nitrogens is 2. The third kappa shape index (κ3) is 4.29. The molecule has 2 rings (SSSR count). The van der Waals surface area contributed by atoms with E-state index in [9.17, 15) is 13.0 Å². The lowest BCUT2D eigenvalue weighted by atomic mass is 10.1. The van der Waals surface area contributed by atoms with Crippen molar-refractivity contribution in [2.75, 3.05) is 5.84 Å². The number of benzene rings is 1. The number of hydrogen-bond donors (Lipinski definition) is 1. The first-order chi connectivity index (χ1) is 9.23. The van der Waals surface area contributed by atoms with Gasteiger partial charge in [-0.25, -0.2) is 14.3 Å². The number of nitrogens with zero attached hydrogens (tertiary/aromatic N) is 2. The minimum Gasteiger partial charge on any atom is -0.744 e. The van der Waals surface area contributed by atoms with Gasteiger partial charge in [0, 0.05) is 0 Å². The molecule has 0 aliphatic rings. The van der Waals surface area contributed by atoms with E-state index in [-0.39, 0.29) is 4.90 Å². The van der Waals surface area contributed by atoms with Crippen LogP contribution in [0, 0.1) is 20.8 Å². The standard InChI is InChI=1S/C9H12O3S.C4H6N3/c1-6-4-5-9(13(10,11)12)8(3)7(6)2;5-7-3-1-6-2-4-7/h4-5H,1-3H3,(H,10,11,12);1-4H,(H2,5,6)/q;+1/p-1. The number of hydrogen-bond acceptors (Lipinski definition) is 5. The Labute approximate surface area is 118 Å². The Morgan fingerprint density at radius 3 is 2.05 bits per heavy atom. The molecule has 0 radical (unpaired) electrons. The molecule has 0 aliphatic heterocycles. The quantitative estimate of drug-likeness (QED) is 0.472. The van der Waals surface area contributed by atoms with Gasteiger partial charge in [-0.3, -0.25) is 4.98 Å². The fourth-order valence-electron chi connectivity index (χ4n) is 1.53. The van der Waals surface area contributed by atoms with Crippen LogP contribution in [0.15, 0.2) is 41.8 Å². The van der Waals surface area contributed by atoms with Crippen molar-refractivity contribution in [2.24, 2.45) is 0 Å². The predicted octanol–water partition coefficient (Wildman–Crippen LogP) is 0.599. The number of nitrogens with two attached hydrogens (primary N) is 1. The van der Waals surface area contributed by atoms with Crippen molar-refractivity contribution in [1.82, 2.24) is 4.98 Å². The van der Waals surface area contributed by atoms with Crippen LogP contribution < -0.4 is 10.5 Å². The van der Waals surface area contributed by atoms with Crippen molar-refractivity contribution >= 4 is 10.1 Å². The molecule has 20 heavy (non-hydrogen) atoms. The SMILES string of the molecule is Cc1ccc(S(=O)(=O)[O-])c(C)c1C.N[n+]1ccncc1. The summed E-state index contributed by atoms with van der Waals surface area (Å²) in [6, 6.07) is 3.01. The highest BCUT2D eigenvalue weighted by molar-refractivity contribution is 7.85. The van der Waals surface area contributed by atoms with Gasteiger partial charge in [-0.1, -0.05) is 10.7 Å². The van der Waals surface area contributed by atoms with Crippen LogP contribution in [0.4, 0.5) is 0 Å². The van der Waals surface area contributed by atoms with Gasteiger partial charge in [0.15, 0.2) is 0 Å². The summed E-state index contributed by atoms with van der Waals surface area (Å²) >= 11 is 0. The van der Waals surface area contributed by atoms with E-state index in [1.807, 2.05) is 6.92 Å². The molecule has 0 bridgehead atoms. The summed E-state index contributed by atoms with van der Waals surface area (Å²) in [5.74, 6) is 5.23. The van der Waals surface area contributed by atoms with E-state index < -0.39 is 10.1 Å². The molecule has 1 aromatic heterocycles. The Balaban J connectivity index is 0.000000240. The summed E-state index contributed by atoms with van der Waals surface area (Å²) in [5, 5.41) is 0. The largest absolute Gasteiger partial charge is 0.744 e. The molecule has 0 saturated carbocycles. The van der Waals surface area contributed by atoms with Gasteiger partial charge in [0.1, 0.15) is 10.1 Å². The van der Waals surface area contributed by atoms with Crippen molar-refractivity contribution in [2.45, 2.75) is 25.7 Å². The third-order valence-corrected chi connectivity index (χ3v) is 3.91. The lowest BCUT2D eigenvalue weighted by Crippen LogP contribution is -2.43. The maximum atomic E-state index is 10.8. The van der Waals surface area contributed by atoms with Gasteiger partial charge in [-0.05, 0) is 43.5 Å². The monoisotopic (exact) mass is 295 g/mol. The van der Waals surface area contributed by atoms with Gasteiger partial charge in [-0.2, -0.15) is 0 Å². The van der Waals surface area contributed by atoms with E-state index in [1.54, 1.807) is 44.7 Å². The molecule has 0 amide bonds. The average Bonchev–Trinajstić information content (AvgIpc) is 2.36. The van der Waals surface area contributed by atoms with E-state index in [1.165, 1.54) is 10.7 Å². The van der Waals surface area contributed by atoms with E-state index in [0.29, 0.717) is 5.56 Å². The van der Waals surface area contributed by atoms with Crippen LogP contribution in [-0.2, 0) is 10.1 Å². The van der Waals surface area contributed by atoms with Gasteiger partial charge >= 0.3 is 0 Å². The van der Waals surface area contributed by atoms with Crippen LogP contribution in [0.1, 0.15) is 16.7 Å². The summed E-state index contributed by atoms with van der Waals surface area (Å²) in [6.07, 6.45) is 6.58. The molecule has 0 saturated heterocycles. The summed E-state index contributed by atoms with van der Waals surface area (Å²) in [4.78, 5) is 3.63. The van der Waals surface area contributed by atoms with Crippen LogP contribution >= 0.6 is 0 Å². The van der Waals surface area contributed by atoms with Gasteiger partial charge in [0.25, 0.3) is 0 Å². The fraction of sp³-hybridized carbons (Fsp3) is 0.231. The Morgan fingerprint density at radius 1 is 1.10 bits per heavy atom. The van der Waals surface area contributed by atoms with Gasteiger partial charge in [0.2, 0.25) is 12.4 Å². The smallest absolute Gasteiger partial charge is 0.217 e. The highest BCUT2D eigenvalue weighted by Gasteiger charge is 2.08. The topological polar surface area (TPSA) is 100.0 Å². The minimum atomic E-state index is -4.32. The van der Waals surface area contributed by atoms with Crippen molar-refractivity contribution in [3.63, 3.8) is 0 Å². The van der Waals surface area contributed by atoms with Gasteiger partial charge in [0.05, 0.1) is 17.3 Å². The lowest BCUT2D eigenvalue weighted by molar-refractivity contribution is -0.639. The molecule has 0 atom stereocenters. The molecule has 0 spiro atoms. The lowest BCUT2D eigenvalue weighted by Gasteiger charge is -2.13. The zero-order valence-corrected chi connectivity index (χ0v) is 12.4. The zero-order valence-electron chi connectivity index (χ0n) is 11.6. The average molecular weight is 295 g/mol. The van der Waals surface area contributed by atoms with E-state index in [2.05, 4.69) is 4.98 Å². The Morgan fingerprint density at radius 2 is 1.65 bits per heavy atom. The minimum absolute atomic E-state index is 0.115. The first-order valence-corrected chi connectivity index (χ1v) is 7.23. The molecular formula is C13H17N3O3S. The maximum absolute atomic E-state index is 10.8. The molecule has 6 nitrogen and oxygen atoms in total. The Bertz CT molecular complexity index is 686. The highest BCUT2D eigenvalue weighted by Crippen LogP contribution is 2.20. The Hall–Kier alpha value is -1.99.